The normalized spacial score (nSPS) is 18.7. The molecule has 0 bridgehead atoms. The van der Waals surface area contributed by atoms with E-state index in [0.717, 1.165) is 11.1 Å². The van der Waals surface area contributed by atoms with Crippen molar-refractivity contribution in [2.45, 2.75) is 19.3 Å². The zero-order valence-corrected chi connectivity index (χ0v) is 16.1. The fraction of sp³-hybridized carbons (Fsp3) is 0.261. The van der Waals surface area contributed by atoms with Gasteiger partial charge in [0.25, 0.3) is 0 Å². The van der Waals surface area contributed by atoms with Crippen LogP contribution in [0.15, 0.2) is 65.1 Å². The zero-order chi connectivity index (χ0) is 20.4. The standard InChI is InChI=1S/C23H22N2O4/c1-15-20(24-22(29-15)17-10-6-3-7-11-17)12-21(26)25-13-18(19(14-25)23(27)28)16-8-4-2-5-9-16/h2-11,18-19H,12-14H2,1H3,(H,27,28)/t18-,19-/m0/s1. The van der Waals surface area contributed by atoms with Crippen LogP contribution in [-0.4, -0.2) is 40.0 Å². The second-order valence-corrected chi connectivity index (χ2v) is 7.33. The molecular weight excluding hydrogens is 368 g/mol. The van der Waals surface area contributed by atoms with Crippen LogP contribution in [0.25, 0.3) is 11.5 Å². The molecule has 2 atom stereocenters. The highest BCUT2D eigenvalue weighted by molar-refractivity contribution is 5.81. The third kappa shape index (κ3) is 3.92. The van der Waals surface area contributed by atoms with Gasteiger partial charge in [-0.05, 0) is 24.6 Å². The summed E-state index contributed by atoms with van der Waals surface area (Å²) in [6, 6.07) is 19.0. The minimum absolute atomic E-state index is 0.0933. The van der Waals surface area contributed by atoms with Gasteiger partial charge >= 0.3 is 5.97 Å². The third-order valence-electron chi connectivity index (χ3n) is 5.45. The fourth-order valence-electron chi connectivity index (χ4n) is 3.85. The average molecular weight is 390 g/mol. The molecule has 1 aliphatic rings. The molecule has 0 saturated carbocycles. The van der Waals surface area contributed by atoms with E-state index in [0.29, 0.717) is 23.9 Å². The lowest BCUT2D eigenvalue weighted by atomic mass is 9.89. The van der Waals surface area contributed by atoms with Crippen molar-refractivity contribution >= 4 is 11.9 Å². The van der Waals surface area contributed by atoms with E-state index in [1.807, 2.05) is 60.7 Å². The summed E-state index contributed by atoms with van der Waals surface area (Å²) >= 11 is 0. The number of hydrogen-bond donors (Lipinski definition) is 1. The molecule has 1 aromatic heterocycles. The molecule has 6 heteroatoms. The summed E-state index contributed by atoms with van der Waals surface area (Å²) in [5.74, 6) is -0.747. The van der Waals surface area contributed by atoms with Crippen molar-refractivity contribution < 1.29 is 19.1 Å². The smallest absolute Gasteiger partial charge is 0.308 e. The molecule has 4 rings (SSSR count). The van der Waals surface area contributed by atoms with Crippen LogP contribution < -0.4 is 0 Å². The summed E-state index contributed by atoms with van der Waals surface area (Å²) in [5, 5.41) is 9.64. The van der Waals surface area contributed by atoms with Gasteiger partial charge in [0.05, 0.1) is 18.0 Å². The van der Waals surface area contributed by atoms with Crippen LogP contribution in [0.2, 0.25) is 0 Å². The lowest BCUT2D eigenvalue weighted by molar-refractivity contribution is -0.141. The van der Waals surface area contributed by atoms with E-state index in [9.17, 15) is 14.7 Å². The molecule has 1 amide bonds. The lowest BCUT2D eigenvalue weighted by Crippen LogP contribution is -2.31. The van der Waals surface area contributed by atoms with E-state index in [4.69, 9.17) is 4.42 Å². The molecule has 1 saturated heterocycles. The number of carboxylic acids is 1. The molecule has 1 aliphatic heterocycles. The van der Waals surface area contributed by atoms with Crippen LogP contribution in [0.3, 0.4) is 0 Å². The maximum atomic E-state index is 12.9. The molecule has 3 aromatic rings. The van der Waals surface area contributed by atoms with Crippen molar-refractivity contribution in [2.24, 2.45) is 5.92 Å². The Morgan fingerprint density at radius 1 is 1.07 bits per heavy atom. The van der Waals surface area contributed by atoms with Gasteiger partial charge in [-0.25, -0.2) is 4.98 Å². The molecule has 1 fully saturated rings. The van der Waals surface area contributed by atoms with Crippen LogP contribution in [0.4, 0.5) is 0 Å². The van der Waals surface area contributed by atoms with Crippen molar-refractivity contribution in [1.29, 1.82) is 0 Å². The highest BCUT2D eigenvalue weighted by Crippen LogP contribution is 2.33. The van der Waals surface area contributed by atoms with Gasteiger partial charge in [0, 0.05) is 24.6 Å². The highest BCUT2D eigenvalue weighted by Gasteiger charge is 2.40. The summed E-state index contributed by atoms with van der Waals surface area (Å²) in [5.41, 5.74) is 2.38. The van der Waals surface area contributed by atoms with Gasteiger partial charge in [0.15, 0.2) is 0 Å². The Morgan fingerprint density at radius 2 is 1.72 bits per heavy atom. The Kier molecular flexibility index (Phi) is 5.16. The predicted octanol–water partition coefficient (Wildman–Crippen LogP) is 3.52. The first-order valence-electron chi connectivity index (χ1n) is 9.60. The number of rotatable bonds is 5. The molecule has 148 valence electrons. The van der Waals surface area contributed by atoms with Crippen molar-refractivity contribution in [3.8, 4) is 11.5 Å². The number of aliphatic carboxylic acids is 1. The van der Waals surface area contributed by atoms with E-state index in [-0.39, 0.29) is 24.8 Å². The predicted molar refractivity (Wildman–Crippen MR) is 107 cm³/mol. The summed E-state index contributed by atoms with van der Waals surface area (Å²) in [6.45, 7) is 2.39. The van der Waals surface area contributed by atoms with Gasteiger partial charge in [-0.1, -0.05) is 48.5 Å². The number of nitrogens with zero attached hydrogens (tertiary/aromatic N) is 2. The molecule has 0 spiro atoms. The van der Waals surface area contributed by atoms with Gasteiger partial charge in [-0.2, -0.15) is 0 Å². The van der Waals surface area contributed by atoms with E-state index in [2.05, 4.69) is 4.98 Å². The Bertz CT molecular complexity index is 1010. The first-order valence-corrected chi connectivity index (χ1v) is 9.60. The largest absolute Gasteiger partial charge is 0.481 e. The number of amides is 1. The first kappa shape index (κ1) is 18.9. The van der Waals surface area contributed by atoms with Gasteiger partial charge < -0.3 is 14.4 Å². The second kappa shape index (κ2) is 7.91. The SMILES string of the molecule is Cc1oc(-c2ccccc2)nc1CC(=O)N1C[C@H](C(=O)O)[C@H](c2ccccc2)C1. The number of benzene rings is 2. The third-order valence-corrected chi connectivity index (χ3v) is 5.45. The van der Waals surface area contributed by atoms with E-state index >= 15 is 0 Å². The van der Waals surface area contributed by atoms with Gasteiger partial charge in [0.2, 0.25) is 11.8 Å². The lowest BCUT2D eigenvalue weighted by Gasteiger charge is -2.16. The number of carbonyl (C=O) groups is 2. The van der Waals surface area contributed by atoms with Crippen LogP contribution in [0, 0.1) is 12.8 Å². The van der Waals surface area contributed by atoms with E-state index in [1.165, 1.54) is 0 Å². The van der Waals surface area contributed by atoms with Crippen molar-refractivity contribution in [3.63, 3.8) is 0 Å². The quantitative estimate of drug-likeness (QED) is 0.721. The Labute approximate surface area is 168 Å². The number of carbonyl (C=O) groups excluding carboxylic acids is 1. The Morgan fingerprint density at radius 3 is 2.38 bits per heavy atom. The molecule has 29 heavy (non-hydrogen) atoms. The zero-order valence-electron chi connectivity index (χ0n) is 16.1. The molecule has 1 N–H and O–H groups in total. The minimum Gasteiger partial charge on any atom is -0.481 e. The van der Waals surface area contributed by atoms with Gasteiger partial charge in [-0.3, -0.25) is 9.59 Å². The van der Waals surface area contributed by atoms with Gasteiger partial charge in [-0.15, -0.1) is 0 Å². The van der Waals surface area contributed by atoms with Crippen LogP contribution in [0.5, 0.6) is 0 Å². The number of aryl methyl sites for hydroxylation is 1. The van der Waals surface area contributed by atoms with Crippen LogP contribution in [-0.2, 0) is 16.0 Å². The maximum absolute atomic E-state index is 12.9. The number of aromatic nitrogens is 1. The van der Waals surface area contributed by atoms with Crippen LogP contribution >= 0.6 is 0 Å². The van der Waals surface area contributed by atoms with E-state index in [1.54, 1.807) is 11.8 Å². The van der Waals surface area contributed by atoms with Gasteiger partial charge in [0.1, 0.15) is 5.76 Å². The van der Waals surface area contributed by atoms with Crippen molar-refractivity contribution in [3.05, 3.63) is 77.7 Å². The fourth-order valence-corrected chi connectivity index (χ4v) is 3.85. The average Bonchev–Trinajstić information content (AvgIpc) is 3.34. The molecule has 6 nitrogen and oxygen atoms in total. The van der Waals surface area contributed by atoms with Crippen LogP contribution in [0.1, 0.15) is 22.9 Å². The Balaban J connectivity index is 1.50. The summed E-state index contributed by atoms with van der Waals surface area (Å²) < 4.78 is 5.74. The second-order valence-electron chi connectivity index (χ2n) is 7.33. The minimum atomic E-state index is -0.877. The molecule has 0 aliphatic carbocycles. The molecular formula is C23H22N2O4. The topological polar surface area (TPSA) is 83.6 Å². The number of oxazole rings is 1. The Hall–Kier alpha value is -3.41. The summed E-state index contributed by atoms with van der Waals surface area (Å²) in [4.78, 5) is 30.8. The maximum Gasteiger partial charge on any atom is 0.308 e. The number of likely N-dealkylation sites (tertiary alicyclic amines) is 1. The molecule has 2 heterocycles. The van der Waals surface area contributed by atoms with Crippen molar-refractivity contribution in [2.75, 3.05) is 13.1 Å². The highest BCUT2D eigenvalue weighted by atomic mass is 16.4. The molecule has 2 aromatic carbocycles. The number of carboxylic acid groups (broad SMARTS) is 1. The van der Waals surface area contributed by atoms with E-state index < -0.39 is 11.9 Å². The number of hydrogen-bond acceptors (Lipinski definition) is 4. The summed E-state index contributed by atoms with van der Waals surface area (Å²) in [6.07, 6.45) is 0.0933. The first-order chi connectivity index (χ1) is 14.0. The monoisotopic (exact) mass is 390 g/mol. The molecule has 0 unspecified atom stereocenters. The summed E-state index contributed by atoms with van der Waals surface area (Å²) in [7, 11) is 0. The van der Waals surface area contributed by atoms with Crippen molar-refractivity contribution in [1.82, 2.24) is 9.88 Å². The molecule has 0 radical (unpaired) electrons.